The third-order valence-corrected chi connectivity index (χ3v) is 2.18. The van der Waals surface area contributed by atoms with E-state index in [1.165, 1.54) is 0 Å². The molecule has 0 amide bonds. The fourth-order valence-electron chi connectivity index (χ4n) is 0.673. The second-order valence-electron chi connectivity index (χ2n) is 3.23. The van der Waals surface area contributed by atoms with Gasteiger partial charge in [-0.1, -0.05) is 13.8 Å². The van der Waals surface area contributed by atoms with Crippen molar-refractivity contribution in [1.82, 2.24) is 10.9 Å². The predicted molar refractivity (Wildman–Crippen MR) is 78.5 cm³/mol. The van der Waals surface area contributed by atoms with Gasteiger partial charge >= 0.3 is 17.1 Å². The molecule has 0 bridgehead atoms. The van der Waals surface area contributed by atoms with Crippen molar-refractivity contribution >= 4 is 47.5 Å². The summed E-state index contributed by atoms with van der Waals surface area (Å²) in [6, 6.07) is 0. The van der Waals surface area contributed by atoms with Crippen LogP contribution in [0.5, 0.6) is 0 Å². The molecule has 0 fully saturated rings. The van der Waals surface area contributed by atoms with Crippen LogP contribution in [-0.2, 0) is 42.3 Å². The van der Waals surface area contributed by atoms with Gasteiger partial charge in [0.25, 0.3) is 0 Å². The van der Waals surface area contributed by atoms with Crippen LogP contribution in [-0.4, -0.2) is 36.4 Å². The molecule has 6 nitrogen and oxygen atoms in total. The molecular weight excluding hydrogens is 320 g/mol. The number of amidine groups is 2. The average Bonchev–Trinajstić information content (AvgIpc) is 2.31. The van der Waals surface area contributed by atoms with Crippen molar-refractivity contribution < 1.29 is 17.1 Å². The van der Waals surface area contributed by atoms with Gasteiger partial charge in [0.15, 0.2) is 0 Å². The zero-order valence-electron chi connectivity index (χ0n) is 10.6. The molecule has 0 aliphatic rings. The summed E-state index contributed by atoms with van der Waals surface area (Å²) >= 11 is 9.67. The van der Waals surface area contributed by atoms with Crippen molar-refractivity contribution in [2.45, 2.75) is 13.8 Å². The van der Waals surface area contributed by atoms with Crippen LogP contribution in [0, 0.1) is 5.92 Å². The topological polar surface area (TPSA) is 73.5 Å². The van der Waals surface area contributed by atoms with Crippen LogP contribution in [0.3, 0.4) is 0 Å². The molecular formula is C9H16CuN6S2. The molecule has 18 heavy (non-hydrogen) atoms. The number of hydrazone groups is 2. The summed E-state index contributed by atoms with van der Waals surface area (Å²) in [6.07, 6.45) is 1.56. The largest absolute Gasteiger partial charge is 2.00 e. The van der Waals surface area contributed by atoms with E-state index in [4.69, 9.17) is 25.3 Å². The van der Waals surface area contributed by atoms with E-state index in [1.807, 2.05) is 13.8 Å². The number of aliphatic imine (C=N–C) groups is 2. The molecule has 2 N–H and O–H groups in total. The van der Waals surface area contributed by atoms with Gasteiger partial charge in [-0.2, -0.15) is 10.2 Å². The van der Waals surface area contributed by atoms with E-state index in [-0.39, 0.29) is 23.0 Å². The van der Waals surface area contributed by atoms with Crippen LogP contribution in [0.25, 0.3) is 0 Å². The number of nitrogens with one attached hydrogen (secondary N) is 2. The Bertz CT molecular complexity index is 351. The predicted octanol–water partition coefficient (Wildman–Crippen LogP) is 0.226. The Hall–Kier alpha value is -0.761. The summed E-state index contributed by atoms with van der Waals surface area (Å²) in [7, 11) is 3.18. The van der Waals surface area contributed by atoms with Crippen LogP contribution in [0.15, 0.2) is 20.2 Å². The zero-order valence-corrected chi connectivity index (χ0v) is 13.1. The van der Waals surface area contributed by atoms with Crippen LogP contribution in [0.2, 0.25) is 0 Å². The first-order valence-corrected chi connectivity index (χ1v) is 5.73. The molecule has 0 saturated heterocycles. The minimum Gasteiger partial charge on any atom is -0.741 e. The van der Waals surface area contributed by atoms with Gasteiger partial charge in [-0.15, -0.1) is 0 Å². The molecule has 0 aromatic rings. The molecule has 0 aliphatic heterocycles. The van der Waals surface area contributed by atoms with Crippen molar-refractivity contribution in [2.24, 2.45) is 26.1 Å². The summed E-state index contributed by atoms with van der Waals surface area (Å²) in [4.78, 5) is 7.49. The van der Waals surface area contributed by atoms with Crippen molar-refractivity contribution in [3.8, 4) is 0 Å². The van der Waals surface area contributed by atoms with Crippen molar-refractivity contribution in [3.05, 3.63) is 0 Å². The number of hydrogen-bond donors (Lipinski definition) is 2. The Morgan fingerprint density at radius 2 is 1.56 bits per heavy atom. The van der Waals surface area contributed by atoms with E-state index in [0.29, 0.717) is 10.3 Å². The normalized spacial score (nSPS) is 13.7. The van der Waals surface area contributed by atoms with Crippen LogP contribution in [0.4, 0.5) is 0 Å². The van der Waals surface area contributed by atoms with Gasteiger partial charge in [-0.05, 0) is 16.3 Å². The first-order valence-electron chi connectivity index (χ1n) is 4.91. The third-order valence-electron chi connectivity index (χ3n) is 1.64. The van der Waals surface area contributed by atoms with Crippen LogP contribution < -0.4 is 10.9 Å². The van der Waals surface area contributed by atoms with Crippen molar-refractivity contribution in [3.63, 3.8) is 0 Å². The minimum atomic E-state index is 0. The maximum atomic E-state index is 4.85. The molecule has 0 aromatic carbocycles. The fourth-order valence-corrected chi connectivity index (χ4v) is 0.771. The van der Waals surface area contributed by atoms with Gasteiger partial charge in [-0.3, -0.25) is 20.8 Å². The second-order valence-corrected chi connectivity index (χ2v) is 4.00. The van der Waals surface area contributed by atoms with Gasteiger partial charge in [0.05, 0.1) is 11.9 Å². The van der Waals surface area contributed by atoms with E-state index in [9.17, 15) is 0 Å². The first kappa shape index (κ1) is 19.6. The fraction of sp³-hybridized carbons (Fsp3) is 0.556. The Kier molecular flexibility index (Phi) is 12.3. The SMILES string of the molecule is CN=C([S-])N/N=C\C(=N/NC([S-])=NC)C(C)C.[Cu+2]. The number of hydrogen-bond acceptors (Lipinski definition) is 6. The molecule has 0 rings (SSSR count). The van der Waals surface area contributed by atoms with E-state index in [0.717, 1.165) is 5.71 Å². The molecule has 1 radical (unpaired) electrons. The van der Waals surface area contributed by atoms with Crippen LogP contribution >= 0.6 is 0 Å². The van der Waals surface area contributed by atoms with Gasteiger partial charge < -0.3 is 25.3 Å². The molecule has 0 spiro atoms. The van der Waals surface area contributed by atoms with Crippen molar-refractivity contribution in [2.75, 3.05) is 14.1 Å². The quantitative estimate of drug-likeness (QED) is 0.253. The average molecular weight is 336 g/mol. The molecule has 0 aliphatic carbocycles. The maximum Gasteiger partial charge on any atom is 2.00 e. The maximum absolute atomic E-state index is 4.85. The molecule has 0 aromatic heterocycles. The van der Waals surface area contributed by atoms with Gasteiger partial charge in [0, 0.05) is 14.1 Å². The van der Waals surface area contributed by atoms with Crippen LogP contribution in [0.1, 0.15) is 13.8 Å². The minimum absolute atomic E-state index is 0. The molecule has 0 unspecified atom stereocenters. The summed E-state index contributed by atoms with van der Waals surface area (Å²) in [5.41, 5.74) is 5.96. The summed E-state index contributed by atoms with van der Waals surface area (Å²) in [5.74, 6) is 0.194. The van der Waals surface area contributed by atoms with E-state index < -0.39 is 0 Å². The van der Waals surface area contributed by atoms with E-state index in [2.05, 4.69) is 31.0 Å². The molecule has 0 atom stereocenters. The first-order chi connectivity index (χ1) is 8.01. The number of rotatable bonds is 4. The van der Waals surface area contributed by atoms with Gasteiger partial charge in [0.2, 0.25) is 0 Å². The van der Waals surface area contributed by atoms with E-state index in [1.54, 1.807) is 20.3 Å². The summed E-state index contributed by atoms with van der Waals surface area (Å²) < 4.78 is 0. The third kappa shape index (κ3) is 9.29. The molecule has 9 heteroatoms. The Labute approximate surface area is 129 Å². The Morgan fingerprint density at radius 3 is 2.00 bits per heavy atom. The Balaban J connectivity index is 0. The molecule has 0 heterocycles. The molecule has 105 valence electrons. The summed E-state index contributed by atoms with van der Waals surface area (Å²) in [6.45, 7) is 3.97. The van der Waals surface area contributed by atoms with E-state index >= 15 is 0 Å². The monoisotopic (exact) mass is 335 g/mol. The van der Waals surface area contributed by atoms with Gasteiger partial charge in [-0.25, -0.2) is 0 Å². The summed E-state index contributed by atoms with van der Waals surface area (Å²) in [5, 5.41) is 8.64. The van der Waals surface area contributed by atoms with Gasteiger partial charge in [0.1, 0.15) is 0 Å². The smallest absolute Gasteiger partial charge is 0.741 e. The standard InChI is InChI=1S/C9H18N6S2.Cu/c1-6(2)7(13-15-9(17)11-4)5-12-14-8(16)10-3;/h5-6H,1-4H3,(H2,10,14,16)(H2,11,15,17);/q;+2/p-2/b12-5-,13-7+;. The zero-order chi connectivity index (χ0) is 13.3. The Morgan fingerprint density at radius 1 is 1.06 bits per heavy atom. The number of nitrogens with zero attached hydrogens (tertiary/aromatic N) is 4. The second kappa shape index (κ2) is 11.3. The van der Waals surface area contributed by atoms with Crippen molar-refractivity contribution in [1.29, 1.82) is 0 Å². The molecule has 0 saturated carbocycles.